The largest absolute Gasteiger partial charge is 0.378 e. The fourth-order valence-electron chi connectivity index (χ4n) is 2.83. The molecule has 0 spiro atoms. The average molecular weight is 369 g/mol. The van der Waals surface area contributed by atoms with E-state index in [9.17, 15) is 4.79 Å². The fraction of sp³-hybridized carbons (Fsp3) is 0.316. The molecule has 3 rings (SSSR count). The summed E-state index contributed by atoms with van der Waals surface area (Å²) >= 11 is 1.31. The van der Waals surface area contributed by atoms with Gasteiger partial charge in [-0.05, 0) is 55.9 Å². The zero-order chi connectivity index (χ0) is 18.5. The van der Waals surface area contributed by atoms with Crippen LogP contribution in [0.3, 0.4) is 0 Å². The van der Waals surface area contributed by atoms with E-state index in [0.29, 0.717) is 12.1 Å². The Hall–Kier alpha value is -2.67. The number of rotatable bonds is 7. The Balaban J connectivity index is 1.55. The molecule has 0 aliphatic carbocycles. The number of hydrogen-bond acceptors (Lipinski definition) is 5. The first kappa shape index (κ1) is 18.1. The molecule has 2 heterocycles. The van der Waals surface area contributed by atoms with Crippen LogP contribution >= 0.6 is 11.5 Å². The number of carbonyl (C=O) groups is 1. The minimum absolute atomic E-state index is 0.0719. The minimum Gasteiger partial charge on any atom is -0.378 e. The number of para-hydroxylation sites is 1. The molecule has 0 unspecified atom stereocenters. The molecule has 0 saturated heterocycles. The van der Waals surface area contributed by atoms with Crippen molar-refractivity contribution in [1.29, 1.82) is 0 Å². The highest BCUT2D eigenvalue weighted by Gasteiger charge is 2.17. The second-order valence-corrected chi connectivity index (χ2v) is 6.87. The quantitative estimate of drug-likeness (QED) is 0.627. The first-order chi connectivity index (χ1) is 12.6. The van der Waals surface area contributed by atoms with Crippen LogP contribution in [-0.4, -0.2) is 33.7 Å². The summed E-state index contributed by atoms with van der Waals surface area (Å²) in [5.41, 5.74) is 4.68. The predicted molar refractivity (Wildman–Crippen MR) is 105 cm³/mol. The Morgan fingerprint density at radius 2 is 1.96 bits per heavy atom. The van der Waals surface area contributed by atoms with E-state index >= 15 is 0 Å². The number of carbonyl (C=O) groups excluding carboxylic acids is 1. The molecule has 1 aromatic carbocycles. The zero-order valence-corrected chi connectivity index (χ0v) is 16.1. The van der Waals surface area contributed by atoms with Crippen molar-refractivity contribution in [3.8, 4) is 5.69 Å². The Bertz CT molecular complexity index is 885. The summed E-state index contributed by atoms with van der Waals surface area (Å²) in [6, 6.07) is 10.1. The Morgan fingerprint density at radius 3 is 2.69 bits per heavy atom. The van der Waals surface area contributed by atoms with E-state index in [1.807, 2.05) is 48.9 Å². The molecule has 1 amide bonds. The van der Waals surface area contributed by atoms with Crippen molar-refractivity contribution in [2.24, 2.45) is 0 Å². The smallest absolute Gasteiger partial charge is 0.256 e. The number of nitrogens with zero attached hydrogens (tertiary/aromatic N) is 3. The molecule has 136 valence electrons. The van der Waals surface area contributed by atoms with Gasteiger partial charge < -0.3 is 10.6 Å². The molecule has 0 atom stereocenters. The van der Waals surface area contributed by atoms with Gasteiger partial charge in [0.25, 0.3) is 5.91 Å². The zero-order valence-electron chi connectivity index (χ0n) is 15.2. The lowest BCUT2D eigenvalue weighted by Gasteiger charge is -2.06. The summed E-state index contributed by atoms with van der Waals surface area (Å²) in [5.74, 6) is -0.0719. The van der Waals surface area contributed by atoms with Crippen LogP contribution in [0.2, 0.25) is 0 Å². The van der Waals surface area contributed by atoms with Crippen molar-refractivity contribution < 1.29 is 4.79 Å². The van der Waals surface area contributed by atoms with Gasteiger partial charge in [-0.1, -0.05) is 18.2 Å². The fourth-order valence-corrected chi connectivity index (χ4v) is 3.57. The molecule has 0 aliphatic heterocycles. The first-order valence-corrected chi connectivity index (χ1v) is 9.40. The maximum atomic E-state index is 12.4. The van der Waals surface area contributed by atoms with Gasteiger partial charge in [0.05, 0.1) is 22.6 Å². The third-order valence-corrected chi connectivity index (χ3v) is 5.20. The Morgan fingerprint density at radius 1 is 1.19 bits per heavy atom. The molecule has 0 saturated carbocycles. The molecule has 0 fully saturated rings. The highest BCUT2D eigenvalue weighted by molar-refractivity contribution is 7.10. The highest BCUT2D eigenvalue weighted by atomic mass is 32.1. The number of aryl methyl sites for hydroxylation is 3. The lowest BCUT2D eigenvalue weighted by molar-refractivity contribution is 0.0953. The summed E-state index contributed by atoms with van der Waals surface area (Å²) in [7, 11) is 1.80. The van der Waals surface area contributed by atoms with Crippen molar-refractivity contribution in [3.63, 3.8) is 0 Å². The maximum Gasteiger partial charge on any atom is 0.256 e. The van der Waals surface area contributed by atoms with Crippen LogP contribution < -0.4 is 10.6 Å². The third-order valence-electron chi connectivity index (χ3n) is 4.25. The average Bonchev–Trinajstić information content (AvgIpc) is 3.22. The molecule has 26 heavy (non-hydrogen) atoms. The topological polar surface area (TPSA) is 71.8 Å². The standard InChI is InChI=1S/C19H23N5OS/c1-13-15(12-24(22-13)16-9-5-4-6-10-16)8-7-11-21-18(25)17-14(2)23-26-19(17)20-3/h4-6,9-10,12,20H,7-8,11H2,1-3H3,(H,21,25). The molecule has 0 bridgehead atoms. The van der Waals surface area contributed by atoms with E-state index in [0.717, 1.165) is 34.9 Å². The number of nitrogens with one attached hydrogen (secondary N) is 2. The van der Waals surface area contributed by atoms with Crippen LogP contribution in [0.25, 0.3) is 5.69 Å². The lowest BCUT2D eigenvalue weighted by atomic mass is 10.1. The first-order valence-electron chi connectivity index (χ1n) is 8.63. The number of aromatic nitrogens is 3. The van der Waals surface area contributed by atoms with E-state index in [1.54, 1.807) is 7.05 Å². The lowest BCUT2D eigenvalue weighted by Crippen LogP contribution is -2.25. The predicted octanol–water partition coefficient (Wildman–Crippen LogP) is 3.35. The molecule has 2 aromatic heterocycles. The molecule has 6 nitrogen and oxygen atoms in total. The van der Waals surface area contributed by atoms with Crippen molar-refractivity contribution in [1.82, 2.24) is 19.5 Å². The van der Waals surface area contributed by atoms with E-state index in [1.165, 1.54) is 17.1 Å². The van der Waals surface area contributed by atoms with Gasteiger partial charge in [0.1, 0.15) is 5.00 Å². The Kier molecular flexibility index (Phi) is 5.68. The summed E-state index contributed by atoms with van der Waals surface area (Å²) < 4.78 is 6.14. The van der Waals surface area contributed by atoms with Gasteiger partial charge >= 0.3 is 0 Å². The minimum atomic E-state index is -0.0719. The van der Waals surface area contributed by atoms with Crippen LogP contribution in [-0.2, 0) is 6.42 Å². The van der Waals surface area contributed by atoms with E-state index in [4.69, 9.17) is 0 Å². The highest BCUT2D eigenvalue weighted by Crippen LogP contribution is 2.23. The van der Waals surface area contributed by atoms with E-state index < -0.39 is 0 Å². The molecule has 2 N–H and O–H groups in total. The van der Waals surface area contributed by atoms with Gasteiger partial charge in [-0.15, -0.1) is 0 Å². The van der Waals surface area contributed by atoms with Gasteiger partial charge in [0.2, 0.25) is 0 Å². The second kappa shape index (κ2) is 8.14. The summed E-state index contributed by atoms with van der Waals surface area (Å²) in [6.45, 7) is 4.49. The number of benzene rings is 1. The van der Waals surface area contributed by atoms with Crippen LogP contribution in [0.1, 0.15) is 33.7 Å². The monoisotopic (exact) mass is 369 g/mol. The molecular formula is C19H23N5OS. The normalized spacial score (nSPS) is 10.7. The van der Waals surface area contributed by atoms with Crippen LogP contribution in [0, 0.1) is 13.8 Å². The number of amides is 1. The third kappa shape index (κ3) is 3.94. The maximum absolute atomic E-state index is 12.4. The number of anilines is 1. The van der Waals surface area contributed by atoms with Crippen LogP contribution in [0.4, 0.5) is 5.00 Å². The van der Waals surface area contributed by atoms with E-state index in [-0.39, 0.29) is 5.91 Å². The number of hydrogen-bond donors (Lipinski definition) is 2. The van der Waals surface area contributed by atoms with Crippen molar-refractivity contribution in [2.45, 2.75) is 26.7 Å². The van der Waals surface area contributed by atoms with Gasteiger partial charge in [-0.25, -0.2) is 4.68 Å². The molecular weight excluding hydrogens is 346 g/mol. The van der Waals surface area contributed by atoms with Crippen LogP contribution in [0.15, 0.2) is 36.5 Å². The summed E-state index contributed by atoms with van der Waals surface area (Å²) in [6.07, 6.45) is 3.80. The molecule has 0 aliphatic rings. The molecule has 7 heteroatoms. The van der Waals surface area contributed by atoms with Crippen LogP contribution in [0.5, 0.6) is 0 Å². The van der Waals surface area contributed by atoms with Crippen molar-refractivity contribution in [2.75, 3.05) is 18.9 Å². The van der Waals surface area contributed by atoms with Gasteiger partial charge in [-0.2, -0.15) is 9.47 Å². The van der Waals surface area contributed by atoms with Crippen molar-refractivity contribution >= 4 is 22.4 Å². The van der Waals surface area contributed by atoms with Gasteiger partial charge in [0.15, 0.2) is 0 Å². The van der Waals surface area contributed by atoms with Gasteiger partial charge in [0, 0.05) is 19.8 Å². The van der Waals surface area contributed by atoms with Crippen molar-refractivity contribution in [3.05, 3.63) is 59.0 Å². The SMILES string of the molecule is CNc1snc(C)c1C(=O)NCCCc1cn(-c2ccccc2)nc1C. The van der Waals surface area contributed by atoms with Gasteiger partial charge in [-0.3, -0.25) is 4.79 Å². The summed E-state index contributed by atoms with van der Waals surface area (Å²) in [5, 5.41) is 11.4. The summed E-state index contributed by atoms with van der Waals surface area (Å²) in [4.78, 5) is 12.4. The Labute approximate surface area is 157 Å². The van der Waals surface area contributed by atoms with E-state index in [2.05, 4.69) is 26.3 Å². The second-order valence-electron chi connectivity index (χ2n) is 6.10. The molecule has 0 radical (unpaired) electrons. The molecule has 3 aromatic rings.